The van der Waals surface area contributed by atoms with Gasteiger partial charge in [-0.2, -0.15) is 0 Å². The predicted octanol–water partition coefficient (Wildman–Crippen LogP) is -0.361. The summed E-state index contributed by atoms with van der Waals surface area (Å²) in [6.45, 7) is 4.14. The van der Waals surface area contributed by atoms with Crippen LogP contribution in [-0.4, -0.2) is 76.6 Å². The topological polar surface area (TPSA) is 110 Å². The number of carbonyl (C=O) groups excluding carboxylic acids is 2. The monoisotopic (exact) mass is 365 g/mol. The second-order valence-corrected chi connectivity index (χ2v) is 7.93. The highest BCUT2D eigenvalue weighted by atomic mass is 16.4. The van der Waals surface area contributed by atoms with Crippen molar-refractivity contribution in [1.29, 1.82) is 0 Å². The van der Waals surface area contributed by atoms with E-state index in [9.17, 15) is 24.6 Å². The van der Waals surface area contributed by atoms with Crippen LogP contribution in [0, 0.1) is 17.8 Å². The van der Waals surface area contributed by atoms with E-state index in [4.69, 9.17) is 0 Å². The Kier molecular flexibility index (Phi) is 4.83. The van der Waals surface area contributed by atoms with E-state index in [1.807, 2.05) is 6.92 Å². The van der Waals surface area contributed by atoms with Crippen molar-refractivity contribution < 1.29 is 24.6 Å². The molecule has 2 fully saturated rings. The SMILES string of the molecule is C[C@@H](O)[C@H]1C(=O)N2C(C(=O)O)=C(C[C@@H]3CN[C@H](C(=O)N(C)C)C3)[C@H](C)[C@H]12. The molecule has 3 rings (SSSR count). The molecule has 0 spiro atoms. The normalized spacial score (nSPS) is 34.6. The fourth-order valence-corrected chi connectivity index (χ4v) is 4.69. The Morgan fingerprint density at radius 1 is 1.38 bits per heavy atom. The van der Waals surface area contributed by atoms with E-state index >= 15 is 0 Å². The molecule has 144 valence electrons. The molecule has 3 aliphatic heterocycles. The molecule has 3 heterocycles. The molecule has 3 N–H and O–H groups in total. The number of amides is 2. The van der Waals surface area contributed by atoms with Gasteiger partial charge in [0.1, 0.15) is 5.70 Å². The van der Waals surface area contributed by atoms with E-state index in [2.05, 4.69) is 5.32 Å². The van der Waals surface area contributed by atoms with Gasteiger partial charge in [0.2, 0.25) is 11.8 Å². The zero-order valence-corrected chi connectivity index (χ0v) is 15.6. The summed E-state index contributed by atoms with van der Waals surface area (Å²) in [7, 11) is 3.43. The Morgan fingerprint density at radius 2 is 2.04 bits per heavy atom. The number of aliphatic carboxylic acids is 1. The molecule has 0 aromatic heterocycles. The van der Waals surface area contributed by atoms with Gasteiger partial charge in [-0.1, -0.05) is 6.92 Å². The standard InChI is InChI=1S/C18H27N3O5/c1-8-11(5-10-6-12(19-7-10)16(23)20(3)4)15(18(25)26)21-14(8)13(9(2)22)17(21)24/h8-10,12-14,19,22H,5-7H2,1-4H3,(H,25,26)/t8-,9+,10-,12-,13+,14+/m0/s1. The van der Waals surface area contributed by atoms with Gasteiger partial charge in [-0.3, -0.25) is 9.59 Å². The molecule has 0 saturated carbocycles. The fraction of sp³-hybridized carbons (Fsp3) is 0.722. The maximum absolute atomic E-state index is 12.4. The smallest absolute Gasteiger partial charge is 0.352 e. The van der Waals surface area contributed by atoms with Crippen LogP contribution >= 0.6 is 0 Å². The number of carboxylic acid groups (broad SMARTS) is 1. The zero-order valence-electron chi connectivity index (χ0n) is 15.6. The first kappa shape index (κ1) is 18.8. The third-order valence-electron chi connectivity index (χ3n) is 5.99. The third kappa shape index (κ3) is 2.81. The number of fused-ring (bicyclic) bond motifs is 1. The molecular formula is C18H27N3O5. The van der Waals surface area contributed by atoms with Crippen molar-refractivity contribution in [3.05, 3.63) is 11.3 Å². The summed E-state index contributed by atoms with van der Waals surface area (Å²) >= 11 is 0. The van der Waals surface area contributed by atoms with Gasteiger partial charge in [0.25, 0.3) is 0 Å². The fourth-order valence-electron chi connectivity index (χ4n) is 4.69. The van der Waals surface area contributed by atoms with E-state index in [1.54, 1.807) is 25.9 Å². The molecule has 2 amide bonds. The molecule has 6 atom stereocenters. The summed E-state index contributed by atoms with van der Waals surface area (Å²) in [4.78, 5) is 39.2. The van der Waals surface area contributed by atoms with Crippen LogP contribution in [-0.2, 0) is 14.4 Å². The summed E-state index contributed by atoms with van der Waals surface area (Å²) < 4.78 is 0. The Hall–Kier alpha value is -1.93. The lowest BCUT2D eigenvalue weighted by Gasteiger charge is -2.46. The minimum atomic E-state index is -1.10. The molecule has 26 heavy (non-hydrogen) atoms. The van der Waals surface area contributed by atoms with Gasteiger partial charge in [0, 0.05) is 20.0 Å². The minimum absolute atomic E-state index is 0.0209. The van der Waals surface area contributed by atoms with E-state index in [-0.39, 0.29) is 41.4 Å². The van der Waals surface area contributed by atoms with Crippen molar-refractivity contribution in [3.8, 4) is 0 Å². The molecular weight excluding hydrogens is 338 g/mol. The number of likely N-dealkylation sites (N-methyl/N-ethyl adjacent to an activating group) is 1. The van der Waals surface area contributed by atoms with Crippen LogP contribution in [0.5, 0.6) is 0 Å². The van der Waals surface area contributed by atoms with E-state index < -0.39 is 18.0 Å². The second-order valence-electron chi connectivity index (χ2n) is 7.93. The number of hydrogen-bond donors (Lipinski definition) is 3. The van der Waals surface area contributed by atoms with E-state index in [0.29, 0.717) is 19.4 Å². The van der Waals surface area contributed by atoms with Crippen molar-refractivity contribution in [1.82, 2.24) is 15.1 Å². The molecule has 0 aromatic rings. The Morgan fingerprint density at radius 3 is 2.58 bits per heavy atom. The van der Waals surface area contributed by atoms with Crippen LogP contribution in [0.2, 0.25) is 0 Å². The number of nitrogens with zero attached hydrogens (tertiary/aromatic N) is 2. The molecule has 3 aliphatic rings. The Balaban J connectivity index is 1.78. The lowest BCUT2D eigenvalue weighted by molar-refractivity contribution is -0.163. The largest absolute Gasteiger partial charge is 0.477 e. The lowest BCUT2D eigenvalue weighted by atomic mass is 9.76. The number of aliphatic hydroxyl groups is 1. The summed E-state index contributed by atoms with van der Waals surface area (Å²) in [5, 5.41) is 22.8. The molecule has 8 heteroatoms. The number of nitrogens with one attached hydrogen (secondary N) is 1. The molecule has 0 bridgehead atoms. The summed E-state index contributed by atoms with van der Waals surface area (Å²) in [5.74, 6) is -1.89. The van der Waals surface area contributed by atoms with Crippen LogP contribution < -0.4 is 5.32 Å². The Bertz CT molecular complexity index is 672. The third-order valence-corrected chi connectivity index (χ3v) is 5.99. The van der Waals surface area contributed by atoms with Gasteiger partial charge in [-0.05, 0) is 37.8 Å². The highest BCUT2D eigenvalue weighted by molar-refractivity contribution is 6.00. The lowest BCUT2D eigenvalue weighted by Crippen LogP contribution is -2.63. The Labute approximate surface area is 152 Å². The first-order valence-electron chi connectivity index (χ1n) is 9.07. The number of carbonyl (C=O) groups is 3. The van der Waals surface area contributed by atoms with Gasteiger partial charge in [0.05, 0.1) is 24.1 Å². The molecule has 0 aromatic carbocycles. The molecule has 0 radical (unpaired) electrons. The second kappa shape index (κ2) is 6.66. The maximum atomic E-state index is 12.4. The van der Waals surface area contributed by atoms with Gasteiger partial charge >= 0.3 is 5.97 Å². The van der Waals surface area contributed by atoms with Crippen LogP contribution in [0.25, 0.3) is 0 Å². The molecule has 0 aliphatic carbocycles. The molecule has 8 nitrogen and oxygen atoms in total. The molecule has 2 saturated heterocycles. The van der Waals surface area contributed by atoms with Gasteiger partial charge in [0.15, 0.2) is 0 Å². The van der Waals surface area contributed by atoms with Crippen molar-refractivity contribution in [2.24, 2.45) is 17.8 Å². The quantitative estimate of drug-likeness (QED) is 0.574. The average molecular weight is 365 g/mol. The van der Waals surface area contributed by atoms with Crippen molar-refractivity contribution >= 4 is 17.8 Å². The highest BCUT2D eigenvalue weighted by Gasteiger charge is 2.59. The summed E-state index contributed by atoms with van der Waals surface area (Å²) in [6, 6.07) is -0.526. The van der Waals surface area contributed by atoms with E-state index in [1.165, 1.54) is 4.90 Å². The number of aliphatic hydroxyl groups excluding tert-OH is 1. The van der Waals surface area contributed by atoms with Crippen LogP contribution in [0.1, 0.15) is 26.7 Å². The number of hydrogen-bond acceptors (Lipinski definition) is 5. The van der Waals surface area contributed by atoms with Gasteiger partial charge < -0.3 is 25.3 Å². The molecule has 0 unspecified atom stereocenters. The highest BCUT2D eigenvalue weighted by Crippen LogP contribution is 2.49. The number of carboxylic acids is 1. The van der Waals surface area contributed by atoms with Crippen LogP contribution in [0.3, 0.4) is 0 Å². The summed E-state index contributed by atoms with van der Waals surface area (Å²) in [6.07, 6.45) is 0.397. The van der Waals surface area contributed by atoms with Crippen LogP contribution in [0.15, 0.2) is 11.3 Å². The predicted molar refractivity (Wildman–Crippen MR) is 92.8 cm³/mol. The summed E-state index contributed by atoms with van der Waals surface area (Å²) in [5.41, 5.74) is 0.829. The first-order valence-corrected chi connectivity index (χ1v) is 9.07. The van der Waals surface area contributed by atoms with Crippen molar-refractivity contribution in [2.45, 2.75) is 44.9 Å². The van der Waals surface area contributed by atoms with Crippen LogP contribution in [0.4, 0.5) is 0 Å². The maximum Gasteiger partial charge on any atom is 0.352 e. The van der Waals surface area contributed by atoms with E-state index in [0.717, 1.165) is 5.57 Å². The zero-order chi connectivity index (χ0) is 19.3. The first-order chi connectivity index (χ1) is 12.1. The minimum Gasteiger partial charge on any atom is -0.477 e. The number of rotatable bonds is 5. The van der Waals surface area contributed by atoms with Crippen molar-refractivity contribution in [3.63, 3.8) is 0 Å². The number of β-lactam (4-membered cyclic amide) rings is 1. The van der Waals surface area contributed by atoms with Gasteiger partial charge in [-0.15, -0.1) is 0 Å². The van der Waals surface area contributed by atoms with Gasteiger partial charge in [-0.25, -0.2) is 4.79 Å². The average Bonchev–Trinajstić information content (AvgIpc) is 3.09. The van der Waals surface area contributed by atoms with Crippen molar-refractivity contribution in [2.75, 3.05) is 20.6 Å².